The Hall–Kier alpha value is -1.08. The van der Waals surface area contributed by atoms with Crippen molar-refractivity contribution in [2.75, 3.05) is 0 Å². The maximum Gasteiger partial charge on any atom is 0.0713 e. The molecule has 0 unspecified atom stereocenters. The first-order chi connectivity index (χ1) is 11.2. The van der Waals surface area contributed by atoms with Crippen molar-refractivity contribution in [1.29, 1.82) is 0 Å². The van der Waals surface area contributed by atoms with E-state index in [0.29, 0.717) is 0 Å². The second-order valence-electron chi connectivity index (χ2n) is 7.73. The molecule has 0 rings (SSSR count). The zero-order valence-corrected chi connectivity index (χ0v) is 17.2. The molecule has 0 fully saturated rings. The van der Waals surface area contributed by atoms with E-state index < -0.39 is 5.60 Å². The predicted octanol–water partition coefficient (Wildman–Crippen LogP) is 7.29. The van der Waals surface area contributed by atoms with Crippen molar-refractivity contribution in [3.05, 3.63) is 46.6 Å². The largest absolute Gasteiger partial charge is 0.389 e. The third kappa shape index (κ3) is 12.4. The molecule has 0 saturated carbocycles. The summed E-state index contributed by atoms with van der Waals surface area (Å²) in [6.07, 6.45) is 15.7. The van der Waals surface area contributed by atoms with E-state index in [9.17, 15) is 5.11 Å². The second kappa shape index (κ2) is 12.3. The highest BCUT2D eigenvalue weighted by molar-refractivity contribution is 5.08. The number of hydrogen-bond donors (Lipinski definition) is 1. The van der Waals surface area contributed by atoms with Crippen LogP contribution in [0.15, 0.2) is 46.6 Å². The van der Waals surface area contributed by atoms with Gasteiger partial charge in [0.25, 0.3) is 0 Å². The summed E-state index contributed by atoms with van der Waals surface area (Å²) in [7, 11) is 0. The minimum atomic E-state index is -0.602. The molecule has 0 atom stereocenters. The molecule has 1 nitrogen and oxygen atoms in total. The summed E-state index contributed by atoms with van der Waals surface area (Å²) in [5.41, 5.74) is 4.91. The van der Waals surface area contributed by atoms with Crippen LogP contribution in [0.1, 0.15) is 93.4 Å². The van der Waals surface area contributed by atoms with E-state index in [2.05, 4.69) is 72.8 Å². The lowest BCUT2D eigenvalue weighted by atomic mass is 9.90. The number of allylic oxidation sites excluding steroid dienone is 6. The van der Waals surface area contributed by atoms with Gasteiger partial charge in [-0.25, -0.2) is 0 Å². The molecule has 0 saturated heterocycles. The van der Waals surface area contributed by atoms with E-state index in [4.69, 9.17) is 0 Å². The Morgan fingerprint density at radius 3 is 1.38 bits per heavy atom. The fraction of sp³-hybridized carbons (Fsp3) is 0.652. The van der Waals surface area contributed by atoms with Gasteiger partial charge < -0.3 is 5.11 Å². The molecule has 1 N–H and O–H groups in total. The van der Waals surface area contributed by atoms with Crippen LogP contribution < -0.4 is 0 Å². The van der Waals surface area contributed by atoms with E-state index >= 15 is 0 Å². The lowest BCUT2D eigenvalue weighted by Crippen LogP contribution is -2.26. The Bertz CT molecular complexity index is 426. The summed E-state index contributed by atoms with van der Waals surface area (Å²) in [6, 6.07) is 0. The summed E-state index contributed by atoms with van der Waals surface area (Å²) < 4.78 is 0. The highest BCUT2D eigenvalue weighted by Gasteiger charge is 2.21. The lowest BCUT2D eigenvalue weighted by Gasteiger charge is -2.24. The van der Waals surface area contributed by atoms with Gasteiger partial charge in [0.05, 0.1) is 5.60 Å². The smallest absolute Gasteiger partial charge is 0.0713 e. The standard InChI is InChI=1S/C23H40O/c1-8-23(24,17-15-21(6)13-9-11-19(2)3)18-16-22(7)14-10-12-20(4)5/h11-12,15-16,24H,8-10,13-14,17-18H2,1-7H3. The van der Waals surface area contributed by atoms with Gasteiger partial charge in [0.1, 0.15) is 0 Å². The van der Waals surface area contributed by atoms with Gasteiger partial charge in [-0.15, -0.1) is 0 Å². The summed E-state index contributed by atoms with van der Waals surface area (Å²) >= 11 is 0. The molecule has 24 heavy (non-hydrogen) atoms. The van der Waals surface area contributed by atoms with Crippen molar-refractivity contribution in [1.82, 2.24) is 0 Å². The topological polar surface area (TPSA) is 20.2 Å². The van der Waals surface area contributed by atoms with E-state index in [0.717, 1.165) is 44.9 Å². The monoisotopic (exact) mass is 332 g/mol. The van der Waals surface area contributed by atoms with Gasteiger partial charge in [-0.2, -0.15) is 0 Å². The molecule has 0 aromatic carbocycles. The summed E-state index contributed by atoms with van der Waals surface area (Å²) in [4.78, 5) is 0. The fourth-order valence-corrected chi connectivity index (χ4v) is 2.48. The van der Waals surface area contributed by atoms with Crippen molar-refractivity contribution in [2.24, 2.45) is 0 Å². The Morgan fingerprint density at radius 2 is 1.08 bits per heavy atom. The van der Waals surface area contributed by atoms with Crippen molar-refractivity contribution in [3.63, 3.8) is 0 Å². The summed E-state index contributed by atoms with van der Waals surface area (Å²) in [5, 5.41) is 10.8. The van der Waals surface area contributed by atoms with Gasteiger partial charge in [-0.1, -0.05) is 53.5 Å². The summed E-state index contributed by atoms with van der Waals surface area (Å²) in [6.45, 7) is 15.0. The fourth-order valence-electron chi connectivity index (χ4n) is 2.48. The predicted molar refractivity (Wildman–Crippen MR) is 109 cm³/mol. The SMILES string of the molecule is CCC(O)(CC=C(C)CCC=C(C)C)CC=C(C)CCC=C(C)C. The Labute approximate surface area is 151 Å². The van der Waals surface area contributed by atoms with Crippen LogP contribution in [0.4, 0.5) is 0 Å². The molecule has 0 amide bonds. The van der Waals surface area contributed by atoms with Crippen molar-refractivity contribution in [3.8, 4) is 0 Å². The first-order valence-electron chi connectivity index (χ1n) is 9.49. The van der Waals surface area contributed by atoms with E-state index in [1.165, 1.54) is 22.3 Å². The Kier molecular flexibility index (Phi) is 11.8. The maximum atomic E-state index is 10.8. The van der Waals surface area contributed by atoms with Crippen LogP contribution in [0.2, 0.25) is 0 Å². The van der Waals surface area contributed by atoms with Crippen LogP contribution in [0.3, 0.4) is 0 Å². The van der Waals surface area contributed by atoms with Crippen LogP contribution in [-0.2, 0) is 0 Å². The molecule has 0 bridgehead atoms. The minimum Gasteiger partial charge on any atom is -0.389 e. The third-order valence-corrected chi connectivity index (χ3v) is 4.50. The minimum absolute atomic E-state index is 0.602. The zero-order valence-electron chi connectivity index (χ0n) is 17.2. The van der Waals surface area contributed by atoms with Gasteiger partial charge in [0.2, 0.25) is 0 Å². The lowest BCUT2D eigenvalue weighted by molar-refractivity contribution is 0.0418. The Morgan fingerprint density at radius 1 is 0.708 bits per heavy atom. The molecule has 0 aliphatic carbocycles. The number of aliphatic hydroxyl groups is 1. The molecule has 0 radical (unpaired) electrons. The van der Waals surface area contributed by atoms with E-state index in [1.807, 2.05) is 0 Å². The number of rotatable bonds is 11. The first-order valence-corrected chi connectivity index (χ1v) is 9.49. The molecule has 1 heteroatoms. The van der Waals surface area contributed by atoms with Gasteiger partial charge in [-0.3, -0.25) is 0 Å². The zero-order chi connectivity index (χ0) is 18.6. The summed E-state index contributed by atoms with van der Waals surface area (Å²) in [5.74, 6) is 0. The molecule has 138 valence electrons. The maximum absolute atomic E-state index is 10.8. The van der Waals surface area contributed by atoms with Crippen LogP contribution in [0.25, 0.3) is 0 Å². The Balaban J connectivity index is 4.51. The van der Waals surface area contributed by atoms with E-state index in [1.54, 1.807) is 0 Å². The molecule has 0 heterocycles. The quantitative estimate of drug-likeness (QED) is 0.394. The molecule has 0 aromatic heterocycles. The van der Waals surface area contributed by atoms with Crippen LogP contribution in [0, 0.1) is 0 Å². The molecule has 0 aromatic rings. The molecule has 0 aliphatic heterocycles. The van der Waals surface area contributed by atoms with Gasteiger partial charge in [0, 0.05) is 0 Å². The first kappa shape index (κ1) is 22.9. The second-order valence-corrected chi connectivity index (χ2v) is 7.73. The van der Waals surface area contributed by atoms with Crippen molar-refractivity contribution in [2.45, 2.75) is 99.0 Å². The van der Waals surface area contributed by atoms with Crippen molar-refractivity contribution >= 4 is 0 Å². The molecular formula is C23H40O. The highest BCUT2D eigenvalue weighted by atomic mass is 16.3. The van der Waals surface area contributed by atoms with Crippen molar-refractivity contribution < 1.29 is 5.11 Å². The number of hydrogen-bond acceptors (Lipinski definition) is 1. The van der Waals surface area contributed by atoms with Gasteiger partial charge in [-0.05, 0) is 86.5 Å². The highest BCUT2D eigenvalue weighted by Crippen LogP contribution is 2.24. The average Bonchev–Trinajstić information content (AvgIpc) is 2.50. The van der Waals surface area contributed by atoms with Gasteiger partial charge in [0.15, 0.2) is 0 Å². The van der Waals surface area contributed by atoms with E-state index in [-0.39, 0.29) is 0 Å². The molecule has 0 spiro atoms. The van der Waals surface area contributed by atoms with Crippen LogP contribution >= 0.6 is 0 Å². The molecular weight excluding hydrogens is 292 g/mol. The normalized spacial score (nSPS) is 15.0. The average molecular weight is 333 g/mol. The molecule has 0 aliphatic rings. The van der Waals surface area contributed by atoms with Gasteiger partial charge >= 0.3 is 0 Å². The van der Waals surface area contributed by atoms with Crippen LogP contribution in [0.5, 0.6) is 0 Å². The van der Waals surface area contributed by atoms with Crippen LogP contribution in [-0.4, -0.2) is 10.7 Å². The third-order valence-electron chi connectivity index (χ3n) is 4.50.